The number of pyridine rings is 1. The summed E-state index contributed by atoms with van der Waals surface area (Å²) in [6, 6.07) is 1.82. The van der Waals surface area contributed by atoms with Gasteiger partial charge in [-0.25, -0.2) is 4.98 Å². The fraction of sp³-hybridized carbons (Fsp3) is 0.647. The molecule has 1 N–H and O–H groups in total. The number of carbonyl (C=O) groups is 1. The zero-order chi connectivity index (χ0) is 16.5. The second-order valence-corrected chi connectivity index (χ2v) is 7.14. The Morgan fingerprint density at radius 3 is 2.68 bits per heavy atom. The van der Waals surface area contributed by atoms with Gasteiger partial charge in [0.1, 0.15) is 5.15 Å². The highest BCUT2D eigenvalue weighted by atomic mass is 35.5. The van der Waals surface area contributed by atoms with Gasteiger partial charge in [-0.3, -0.25) is 4.79 Å². The summed E-state index contributed by atoms with van der Waals surface area (Å²) in [6.45, 7) is 6.23. The number of hydrogen-bond acceptors (Lipinski definition) is 3. The van der Waals surface area contributed by atoms with Gasteiger partial charge >= 0.3 is 5.97 Å². The maximum Gasteiger partial charge on any atom is 0.307 e. The van der Waals surface area contributed by atoms with Crippen LogP contribution in [-0.2, 0) is 4.79 Å². The second kappa shape index (κ2) is 10.1. The Balaban J connectivity index is 2.68. The van der Waals surface area contributed by atoms with Gasteiger partial charge in [-0.15, -0.1) is 11.8 Å². The molecule has 0 saturated carbocycles. The van der Waals surface area contributed by atoms with E-state index in [9.17, 15) is 9.90 Å². The molecule has 1 rings (SSSR count). The topological polar surface area (TPSA) is 50.2 Å². The van der Waals surface area contributed by atoms with Gasteiger partial charge in [0, 0.05) is 16.8 Å². The molecule has 0 spiro atoms. The zero-order valence-electron chi connectivity index (χ0n) is 13.6. The first-order chi connectivity index (χ1) is 10.5. The van der Waals surface area contributed by atoms with Crippen LogP contribution in [0.5, 0.6) is 0 Å². The number of aromatic nitrogens is 1. The highest BCUT2D eigenvalue weighted by Gasteiger charge is 2.26. The minimum atomic E-state index is -0.685. The van der Waals surface area contributed by atoms with Crippen LogP contribution in [0.3, 0.4) is 0 Å². The van der Waals surface area contributed by atoms with Crippen molar-refractivity contribution in [3.05, 3.63) is 23.0 Å². The summed E-state index contributed by atoms with van der Waals surface area (Å²) in [5, 5.41) is 10.0. The Morgan fingerprint density at radius 1 is 1.41 bits per heavy atom. The largest absolute Gasteiger partial charge is 0.481 e. The van der Waals surface area contributed by atoms with Crippen molar-refractivity contribution in [1.29, 1.82) is 0 Å². The Bertz CT molecular complexity index is 482. The molecule has 0 fully saturated rings. The molecule has 2 atom stereocenters. The quantitative estimate of drug-likeness (QED) is 0.349. The molecule has 0 radical (unpaired) electrons. The van der Waals surface area contributed by atoms with Crippen molar-refractivity contribution < 1.29 is 9.90 Å². The summed E-state index contributed by atoms with van der Waals surface area (Å²) in [5.41, 5.74) is 1.05. The summed E-state index contributed by atoms with van der Waals surface area (Å²) in [7, 11) is 0. The standard InChI is InChI=1S/C17H26ClNO2S/c1-4-6-7-8-13(5-2)14(17(20)21)11-22-15-10-19-16(18)9-12(15)3/h9-10,13-14H,4-8,11H2,1-3H3,(H,20,21). The monoisotopic (exact) mass is 343 g/mol. The van der Waals surface area contributed by atoms with Crippen LogP contribution in [0.15, 0.2) is 17.2 Å². The van der Waals surface area contributed by atoms with Crippen LogP contribution in [0.25, 0.3) is 0 Å². The molecular formula is C17H26ClNO2S. The zero-order valence-corrected chi connectivity index (χ0v) is 15.2. The first-order valence-corrected chi connectivity index (χ1v) is 9.33. The molecule has 124 valence electrons. The van der Waals surface area contributed by atoms with Gasteiger partial charge < -0.3 is 5.11 Å². The van der Waals surface area contributed by atoms with Crippen LogP contribution in [-0.4, -0.2) is 21.8 Å². The lowest BCUT2D eigenvalue weighted by atomic mass is 9.87. The molecule has 2 unspecified atom stereocenters. The van der Waals surface area contributed by atoms with E-state index >= 15 is 0 Å². The third kappa shape index (κ3) is 6.17. The number of nitrogens with zero attached hydrogens (tertiary/aromatic N) is 1. The normalized spacial score (nSPS) is 13.8. The number of carboxylic acid groups (broad SMARTS) is 1. The smallest absolute Gasteiger partial charge is 0.307 e. The molecule has 3 nitrogen and oxygen atoms in total. The molecule has 0 aromatic carbocycles. The number of aliphatic carboxylic acids is 1. The fourth-order valence-corrected chi connectivity index (χ4v) is 4.00. The highest BCUT2D eigenvalue weighted by Crippen LogP contribution is 2.31. The van der Waals surface area contributed by atoms with Gasteiger partial charge in [-0.1, -0.05) is 51.1 Å². The van der Waals surface area contributed by atoms with Crippen LogP contribution < -0.4 is 0 Å². The minimum Gasteiger partial charge on any atom is -0.481 e. The third-order valence-corrected chi connectivity index (χ3v) is 5.51. The number of aryl methyl sites for hydroxylation is 1. The molecule has 1 heterocycles. The van der Waals surface area contributed by atoms with Crippen molar-refractivity contribution in [3.8, 4) is 0 Å². The van der Waals surface area contributed by atoms with Crippen molar-refractivity contribution in [2.75, 3.05) is 5.75 Å². The molecule has 1 aromatic heterocycles. The van der Waals surface area contributed by atoms with E-state index in [4.69, 9.17) is 11.6 Å². The van der Waals surface area contributed by atoms with E-state index in [1.807, 2.05) is 13.0 Å². The Labute approximate surface area is 142 Å². The number of rotatable bonds is 10. The predicted octanol–water partition coefficient (Wildman–Crippen LogP) is 5.44. The average molecular weight is 344 g/mol. The van der Waals surface area contributed by atoms with E-state index in [0.29, 0.717) is 10.9 Å². The van der Waals surface area contributed by atoms with Crippen molar-refractivity contribution in [2.45, 2.75) is 57.8 Å². The van der Waals surface area contributed by atoms with Crippen LogP contribution in [0.2, 0.25) is 5.15 Å². The van der Waals surface area contributed by atoms with Gasteiger partial charge in [0.05, 0.1) is 5.92 Å². The summed E-state index contributed by atoms with van der Waals surface area (Å²) in [4.78, 5) is 16.7. The number of carboxylic acids is 1. The Hall–Kier alpha value is -0.740. The second-order valence-electron chi connectivity index (χ2n) is 5.69. The van der Waals surface area contributed by atoms with Gasteiger partial charge in [0.15, 0.2) is 0 Å². The Morgan fingerprint density at radius 2 is 2.14 bits per heavy atom. The Kier molecular flexibility index (Phi) is 8.88. The molecule has 1 aromatic rings. The van der Waals surface area contributed by atoms with Gasteiger partial charge in [0.25, 0.3) is 0 Å². The predicted molar refractivity (Wildman–Crippen MR) is 93.8 cm³/mol. The first kappa shape index (κ1) is 19.3. The van der Waals surface area contributed by atoms with Gasteiger partial charge in [-0.2, -0.15) is 0 Å². The lowest BCUT2D eigenvalue weighted by molar-refractivity contribution is -0.142. The van der Waals surface area contributed by atoms with Crippen molar-refractivity contribution in [1.82, 2.24) is 4.98 Å². The molecular weight excluding hydrogens is 318 g/mol. The lowest BCUT2D eigenvalue weighted by Gasteiger charge is -2.22. The first-order valence-electron chi connectivity index (χ1n) is 7.97. The molecule has 22 heavy (non-hydrogen) atoms. The molecule has 0 bridgehead atoms. The molecule has 0 amide bonds. The summed E-state index contributed by atoms with van der Waals surface area (Å²) in [5.74, 6) is -0.154. The molecule has 0 aliphatic heterocycles. The highest BCUT2D eigenvalue weighted by molar-refractivity contribution is 7.99. The lowest BCUT2D eigenvalue weighted by Crippen LogP contribution is -2.25. The fourth-order valence-electron chi connectivity index (χ4n) is 2.60. The third-order valence-electron chi connectivity index (χ3n) is 4.04. The van der Waals surface area contributed by atoms with Crippen molar-refractivity contribution in [3.63, 3.8) is 0 Å². The molecule has 5 heteroatoms. The van der Waals surface area contributed by atoms with Crippen LogP contribution in [0.1, 0.15) is 51.5 Å². The minimum absolute atomic E-state index is 0.247. The van der Waals surface area contributed by atoms with E-state index in [1.54, 1.807) is 18.0 Å². The number of thioether (sulfide) groups is 1. The van der Waals surface area contributed by atoms with E-state index in [2.05, 4.69) is 18.8 Å². The van der Waals surface area contributed by atoms with Gasteiger partial charge in [0.2, 0.25) is 0 Å². The molecule has 0 aliphatic rings. The van der Waals surface area contributed by atoms with Crippen molar-refractivity contribution in [2.24, 2.45) is 11.8 Å². The number of halogens is 1. The van der Waals surface area contributed by atoms with Crippen LogP contribution in [0, 0.1) is 18.8 Å². The summed E-state index contributed by atoms with van der Waals surface area (Å²) < 4.78 is 0. The summed E-state index contributed by atoms with van der Waals surface area (Å²) in [6.07, 6.45) is 7.11. The molecule has 0 saturated heterocycles. The number of unbranched alkanes of at least 4 members (excludes halogenated alkanes) is 2. The van der Waals surface area contributed by atoms with E-state index in [-0.39, 0.29) is 11.8 Å². The molecule has 0 aliphatic carbocycles. The number of hydrogen-bond donors (Lipinski definition) is 1. The van der Waals surface area contributed by atoms with E-state index < -0.39 is 5.97 Å². The SMILES string of the molecule is CCCCCC(CC)C(CSc1cnc(Cl)cc1C)C(=O)O. The van der Waals surface area contributed by atoms with Crippen molar-refractivity contribution >= 4 is 29.3 Å². The van der Waals surface area contributed by atoms with Crippen LogP contribution >= 0.6 is 23.4 Å². The summed E-state index contributed by atoms with van der Waals surface area (Å²) >= 11 is 7.43. The van der Waals surface area contributed by atoms with E-state index in [0.717, 1.165) is 29.7 Å². The maximum atomic E-state index is 11.6. The van der Waals surface area contributed by atoms with Crippen LogP contribution in [0.4, 0.5) is 0 Å². The average Bonchev–Trinajstić information content (AvgIpc) is 2.47. The van der Waals surface area contributed by atoms with Gasteiger partial charge in [-0.05, 0) is 30.9 Å². The van der Waals surface area contributed by atoms with E-state index in [1.165, 1.54) is 12.8 Å². The maximum absolute atomic E-state index is 11.6.